The second-order valence-electron chi connectivity index (χ2n) is 3.45. The Morgan fingerprint density at radius 2 is 2.23 bits per heavy atom. The summed E-state index contributed by atoms with van der Waals surface area (Å²) in [5, 5.41) is 0. The summed E-state index contributed by atoms with van der Waals surface area (Å²) in [4.78, 5) is 2.34. The standard InChI is InChI=1S/C9H20N2O2/c1-12-6-7-13-5-4-11-3-2-9(10)8-11/h9H,2-8,10H2,1H3/t9-/m0/s1. The quantitative estimate of drug-likeness (QED) is 0.580. The van der Waals surface area contributed by atoms with Crippen molar-refractivity contribution in [3.05, 3.63) is 0 Å². The highest BCUT2D eigenvalue weighted by Crippen LogP contribution is 2.05. The summed E-state index contributed by atoms with van der Waals surface area (Å²) in [5.74, 6) is 0. The molecule has 0 aromatic heterocycles. The molecule has 0 aromatic rings. The lowest BCUT2D eigenvalue weighted by Crippen LogP contribution is -2.29. The van der Waals surface area contributed by atoms with E-state index < -0.39 is 0 Å². The fraction of sp³-hybridized carbons (Fsp3) is 1.00. The van der Waals surface area contributed by atoms with Crippen LogP contribution in [0.5, 0.6) is 0 Å². The van der Waals surface area contributed by atoms with Crippen LogP contribution >= 0.6 is 0 Å². The first-order chi connectivity index (χ1) is 6.33. The van der Waals surface area contributed by atoms with E-state index in [1.807, 2.05) is 0 Å². The molecule has 1 rings (SSSR count). The van der Waals surface area contributed by atoms with Gasteiger partial charge in [-0.25, -0.2) is 0 Å². The third-order valence-electron chi connectivity index (χ3n) is 2.29. The highest BCUT2D eigenvalue weighted by Gasteiger charge is 2.17. The zero-order valence-corrected chi connectivity index (χ0v) is 8.37. The van der Waals surface area contributed by atoms with Crippen molar-refractivity contribution in [1.82, 2.24) is 4.90 Å². The molecule has 0 bridgehead atoms. The zero-order chi connectivity index (χ0) is 9.52. The van der Waals surface area contributed by atoms with Crippen LogP contribution in [-0.4, -0.2) is 57.5 Å². The van der Waals surface area contributed by atoms with Crippen molar-refractivity contribution in [2.75, 3.05) is 46.6 Å². The minimum atomic E-state index is 0.374. The lowest BCUT2D eigenvalue weighted by Gasteiger charge is -2.14. The Bertz CT molecular complexity index is 133. The summed E-state index contributed by atoms with van der Waals surface area (Å²) in [6.45, 7) is 5.30. The fourth-order valence-electron chi connectivity index (χ4n) is 1.50. The summed E-state index contributed by atoms with van der Waals surface area (Å²) < 4.78 is 10.2. The van der Waals surface area contributed by atoms with Crippen LogP contribution in [0, 0.1) is 0 Å². The van der Waals surface area contributed by atoms with Crippen LogP contribution in [0.15, 0.2) is 0 Å². The molecule has 1 fully saturated rings. The molecule has 13 heavy (non-hydrogen) atoms. The topological polar surface area (TPSA) is 47.7 Å². The average Bonchev–Trinajstić information content (AvgIpc) is 2.51. The van der Waals surface area contributed by atoms with Crippen LogP contribution in [0.4, 0.5) is 0 Å². The normalized spacial score (nSPS) is 24.0. The van der Waals surface area contributed by atoms with E-state index in [0.717, 1.165) is 32.7 Å². The number of likely N-dealkylation sites (tertiary alicyclic amines) is 1. The van der Waals surface area contributed by atoms with Gasteiger partial charge in [-0.2, -0.15) is 0 Å². The zero-order valence-electron chi connectivity index (χ0n) is 8.37. The van der Waals surface area contributed by atoms with Gasteiger partial charge in [-0.05, 0) is 13.0 Å². The van der Waals surface area contributed by atoms with E-state index in [4.69, 9.17) is 15.2 Å². The van der Waals surface area contributed by atoms with Crippen LogP contribution < -0.4 is 5.73 Å². The molecule has 0 aromatic carbocycles. The third-order valence-corrected chi connectivity index (χ3v) is 2.29. The molecular formula is C9H20N2O2. The van der Waals surface area contributed by atoms with Crippen LogP contribution in [0.2, 0.25) is 0 Å². The van der Waals surface area contributed by atoms with E-state index in [2.05, 4.69) is 4.90 Å². The van der Waals surface area contributed by atoms with Crippen molar-refractivity contribution < 1.29 is 9.47 Å². The van der Waals surface area contributed by atoms with E-state index >= 15 is 0 Å². The van der Waals surface area contributed by atoms with Crippen molar-refractivity contribution >= 4 is 0 Å². The highest BCUT2D eigenvalue weighted by atomic mass is 16.5. The fourth-order valence-corrected chi connectivity index (χ4v) is 1.50. The SMILES string of the molecule is COCCOCCN1CC[C@H](N)C1. The molecule has 0 unspecified atom stereocenters. The van der Waals surface area contributed by atoms with Crippen molar-refractivity contribution in [2.24, 2.45) is 5.73 Å². The smallest absolute Gasteiger partial charge is 0.0700 e. The van der Waals surface area contributed by atoms with E-state index in [1.54, 1.807) is 7.11 Å². The first-order valence-electron chi connectivity index (χ1n) is 4.87. The Hall–Kier alpha value is -0.160. The van der Waals surface area contributed by atoms with E-state index in [9.17, 15) is 0 Å². The van der Waals surface area contributed by atoms with Crippen LogP contribution in [0.1, 0.15) is 6.42 Å². The van der Waals surface area contributed by atoms with Crippen molar-refractivity contribution in [2.45, 2.75) is 12.5 Å². The van der Waals surface area contributed by atoms with E-state index in [0.29, 0.717) is 19.3 Å². The number of rotatable bonds is 6. The van der Waals surface area contributed by atoms with Gasteiger partial charge in [0.15, 0.2) is 0 Å². The van der Waals surface area contributed by atoms with Gasteiger partial charge in [-0.1, -0.05) is 0 Å². The molecule has 4 nitrogen and oxygen atoms in total. The predicted octanol–water partition coefficient (Wildman–Crippen LogP) is -0.318. The summed E-state index contributed by atoms with van der Waals surface area (Å²) >= 11 is 0. The molecule has 1 aliphatic rings. The second-order valence-corrected chi connectivity index (χ2v) is 3.45. The number of hydrogen-bond donors (Lipinski definition) is 1. The molecule has 0 amide bonds. The molecule has 4 heteroatoms. The van der Waals surface area contributed by atoms with Gasteiger partial charge in [0.2, 0.25) is 0 Å². The lowest BCUT2D eigenvalue weighted by molar-refractivity contribution is 0.0602. The van der Waals surface area contributed by atoms with Gasteiger partial charge in [0.05, 0.1) is 19.8 Å². The molecule has 1 heterocycles. The van der Waals surface area contributed by atoms with Crippen LogP contribution in [-0.2, 0) is 9.47 Å². The molecule has 0 spiro atoms. The molecule has 2 N–H and O–H groups in total. The minimum Gasteiger partial charge on any atom is -0.382 e. The maximum atomic E-state index is 5.77. The minimum absolute atomic E-state index is 0.374. The number of ether oxygens (including phenoxy) is 2. The van der Waals surface area contributed by atoms with Gasteiger partial charge in [-0.15, -0.1) is 0 Å². The summed E-state index contributed by atoms with van der Waals surface area (Å²) in [5.41, 5.74) is 5.77. The van der Waals surface area contributed by atoms with Gasteiger partial charge >= 0.3 is 0 Å². The largest absolute Gasteiger partial charge is 0.382 e. The first-order valence-corrected chi connectivity index (χ1v) is 4.87. The molecule has 0 saturated carbocycles. The number of methoxy groups -OCH3 is 1. The molecule has 78 valence electrons. The molecule has 1 atom stereocenters. The number of nitrogens with zero attached hydrogens (tertiary/aromatic N) is 1. The Morgan fingerprint density at radius 3 is 2.85 bits per heavy atom. The van der Waals surface area contributed by atoms with Gasteiger partial charge in [0.1, 0.15) is 0 Å². The Labute approximate surface area is 80.0 Å². The predicted molar refractivity (Wildman–Crippen MR) is 51.7 cm³/mol. The Balaban J connectivity index is 1.88. The molecule has 1 aliphatic heterocycles. The third kappa shape index (κ3) is 4.57. The highest BCUT2D eigenvalue weighted by molar-refractivity contribution is 4.77. The van der Waals surface area contributed by atoms with E-state index in [1.165, 1.54) is 0 Å². The monoisotopic (exact) mass is 188 g/mol. The first kappa shape index (κ1) is 10.9. The molecule has 1 saturated heterocycles. The molecule has 0 aliphatic carbocycles. The number of nitrogens with two attached hydrogens (primary N) is 1. The van der Waals surface area contributed by atoms with Crippen molar-refractivity contribution in [1.29, 1.82) is 0 Å². The van der Waals surface area contributed by atoms with Crippen molar-refractivity contribution in [3.8, 4) is 0 Å². The maximum absolute atomic E-state index is 5.77. The maximum Gasteiger partial charge on any atom is 0.0700 e. The Morgan fingerprint density at radius 1 is 1.38 bits per heavy atom. The van der Waals surface area contributed by atoms with Gasteiger partial charge < -0.3 is 15.2 Å². The lowest BCUT2D eigenvalue weighted by atomic mass is 10.3. The van der Waals surface area contributed by atoms with Gasteiger partial charge in [0, 0.05) is 26.2 Å². The molecular weight excluding hydrogens is 168 g/mol. The van der Waals surface area contributed by atoms with Crippen LogP contribution in [0.25, 0.3) is 0 Å². The molecule has 0 radical (unpaired) electrons. The van der Waals surface area contributed by atoms with Crippen molar-refractivity contribution in [3.63, 3.8) is 0 Å². The average molecular weight is 188 g/mol. The van der Waals surface area contributed by atoms with Gasteiger partial charge in [0.25, 0.3) is 0 Å². The number of hydrogen-bond acceptors (Lipinski definition) is 4. The summed E-state index contributed by atoms with van der Waals surface area (Å²) in [7, 11) is 1.68. The van der Waals surface area contributed by atoms with E-state index in [-0.39, 0.29) is 0 Å². The second kappa shape index (κ2) is 6.32. The summed E-state index contributed by atoms with van der Waals surface area (Å²) in [6.07, 6.45) is 1.12. The Kier molecular flexibility index (Phi) is 5.31. The summed E-state index contributed by atoms with van der Waals surface area (Å²) in [6, 6.07) is 0.374. The van der Waals surface area contributed by atoms with Crippen LogP contribution in [0.3, 0.4) is 0 Å². The van der Waals surface area contributed by atoms with Gasteiger partial charge in [-0.3, -0.25) is 4.90 Å².